The van der Waals surface area contributed by atoms with E-state index in [1.165, 1.54) is 25.7 Å². The van der Waals surface area contributed by atoms with Crippen molar-refractivity contribution in [2.75, 3.05) is 6.54 Å². The summed E-state index contributed by atoms with van der Waals surface area (Å²) in [6, 6.07) is 0.389. The molecule has 1 aliphatic heterocycles. The van der Waals surface area contributed by atoms with E-state index >= 15 is 0 Å². The fourth-order valence-electron chi connectivity index (χ4n) is 2.66. The van der Waals surface area contributed by atoms with Crippen LogP contribution in [0, 0.1) is 5.92 Å². The molecule has 0 bridgehead atoms. The Bertz CT molecular complexity index is 177. The van der Waals surface area contributed by atoms with E-state index in [4.69, 9.17) is 0 Å². The number of piperidine rings is 1. The van der Waals surface area contributed by atoms with Crippen molar-refractivity contribution in [2.45, 2.75) is 57.1 Å². The average molecular weight is 183 g/mol. The third-order valence-electron chi connectivity index (χ3n) is 3.96. The minimum Gasteiger partial charge on any atom is -0.388 e. The van der Waals surface area contributed by atoms with E-state index < -0.39 is 0 Å². The molecule has 2 heteroatoms. The Morgan fingerprint density at radius 3 is 2.77 bits per heavy atom. The first kappa shape index (κ1) is 9.47. The van der Waals surface area contributed by atoms with Gasteiger partial charge in [-0.1, -0.05) is 13.3 Å². The van der Waals surface area contributed by atoms with Gasteiger partial charge in [-0.25, -0.2) is 0 Å². The van der Waals surface area contributed by atoms with Gasteiger partial charge in [0, 0.05) is 6.04 Å². The molecule has 0 spiro atoms. The van der Waals surface area contributed by atoms with Crippen molar-refractivity contribution in [1.29, 1.82) is 0 Å². The first-order chi connectivity index (χ1) is 6.24. The molecule has 2 fully saturated rings. The standard InChI is InChI=1S/C11H21NO/c1-2-9-4-7-12-10(8-9)11(13)5-3-6-11/h9-10,12-13H,2-8H2,1H3. The van der Waals surface area contributed by atoms with Crippen molar-refractivity contribution in [2.24, 2.45) is 5.92 Å². The van der Waals surface area contributed by atoms with Gasteiger partial charge in [-0.2, -0.15) is 0 Å². The summed E-state index contributed by atoms with van der Waals surface area (Å²) >= 11 is 0. The van der Waals surface area contributed by atoms with E-state index in [2.05, 4.69) is 12.2 Å². The second kappa shape index (κ2) is 3.58. The smallest absolute Gasteiger partial charge is 0.0800 e. The maximum Gasteiger partial charge on any atom is 0.0800 e. The van der Waals surface area contributed by atoms with Gasteiger partial charge in [0.2, 0.25) is 0 Å². The molecule has 0 amide bonds. The Kier molecular flexibility index (Phi) is 2.61. The molecule has 0 aromatic rings. The predicted octanol–water partition coefficient (Wildman–Crippen LogP) is 1.68. The number of hydrogen-bond donors (Lipinski definition) is 2. The van der Waals surface area contributed by atoms with E-state index in [0.29, 0.717) is 6.04 Å². The molecule has 1 heterocycles. The summed E-state index contributed by atoms with van der Waals surface area (Å²) in [6.45, 7) is 3.36. The van der Waals surface area contributed by atoms with Crippen molar-refractivity contribution in [1.82, 2.24) is 5.32 Å². The first-order valence-electron chi connectivity index (χ1n) is 5.70. The van der Waals surface area contributed by atoms with Gasteiger partial charge in [0.05, 0.1) is 5.60 Å². The lowest BCUT2D eigenvalue weighted by atomic mass is 9.70. The number of nitrogens with one attached hydrogen (secondary N) is 1. The molecule has 13 heavy (non-hydrogen) atoms. The Morgan fingerprint density at radius 2 is 2.23 bits per heavy atom. The zero-order valence-corrected chi connectivity index (χ0v) is 8.55. The molecule has 1 saturated carbocycles. The molecular formula is C11H21NO. The van der Waals surface area contributed by atoms with Crippen molar-refractivity contribution < 1.29 is 5.11 Å². The predicted molar refractivity (Wildman–Crippen MR) is 53.6 cm³/mol. The van der Waals surface area contributed by atoms with Crippen LogP contribution in [0.2, 0.25) is 0 Å². The third-order valence-corrected chi connectivity index (χ3v) is 3.96. The molecule has 2 nitrogen and oxygen atoms in total. The Labute approximate surface area is 80.7 Å². The second-order valence-electron chi connectivity index (χ2n) is 4.76. The van der Waals surface area contributed by atoms with Crippen LogP contribution in [0.5, 0.6) is 0 Å². The number of rotatable bonds is 2. The van der Waals surface area contributed by atoms with Crippen molar-refractivity contribution in [3.05, 3.63) is 0 Å². The van der Waals surface area contributed by atoms with Gasteiger partial charge < -0.3 is 10.4 Å². The second-order valence-corrected chi connectivity index (χ2v) is 4.76. The molecule has 2 aliphatic rings. The van der Waals surface area contributed by atoms with Crippen LogP contribution in [-0.2, 0) is 0 Å². The summed E-state index contributed by atoms with van der Waals surface area (Å²) in [4.78, 5) is 0. The highest BCUT2D eigenvalue weighted by molar-refractivity contribution is 5.00. The molecule has 1 aliphatic carbocycles. The average Bonchev–Trinajstić information content (AvgIpc) is 2.14. The van der Waals surface area contributed by atoms with E-state index in [-0.39, 0.29) is 5.60 Å². The van der Waals surface area contributed by atoms with Crippen LogP contribution in [-0.4, -0.2) is 23.3 Å². The lowest BCUT2D eigenvalue weighted by Crippen LogP contribution is -2.57. The first-order valence-corrected chi connectivity index (χ1v) is 5.70. The molecule has 0 aromatic carbocycles. The highest BCUT2D eigenvalue weighted by Gasteiger charge is 2.43. The van der Waals surface area contributed by atoms with Gasteiger partial charge in [0.1, 0.15) is 0 Å². The minimum absolute atomic E-state index is 0.339. The molecule has 2 N–H and O–H groups in total. The van der Waals surface area contributed by atoms with E-state index in [1.807, 2.05) is 0 Å². The topological polar surface area (TPSA) is 32.3 Å². The van der Waals surface area contributed by atoms with E-state index in [1.54, 1.807) is 0 Å². The highest BCUT2D eigenvalue weighted by atomic mass is 16.3. The van der Waals surface area contributed by atoms with E-state index in [0.717, 1.165) is 25.3 Å². The Hall–Kier alpha value is -0.0800. The monoisotopic (exact) mass is 183 g/mol. The summed E-state index contributed by atoms with van der Waals surface area (Å²) in [5.74, 6) is 0.843. The van der Waals surface area contributed by atoms with Gasteiger partial charge in [-0.15, -0.1) is 0 Å². The van der Waals surface area contributed by atoms with Crippen LogP contribution >= 0.6 is 0 Å². The lowest BCUT2D eigenvalue weighted by Gasteiger charge is -2.46. The minimum atomic E-state index is -0.339. The zero-order valence-electron chi connectivity index (χ0n) is 8.55. The van der Waals surface area contributed by atoms with Crippen LogP contribution in [0.1, 0.15) is 45.4 Å². The van der Waals surface area contributed by atoms with Gasteiger partial charge >= 0.3 is 0 Å². The molecule has 0 aromatic heterocycles. The zero-order chi connectivity index (χ0) is 9.31. The van der Waals surface area contributed by atoms with Gasteiger partial charge in [-0.3, -0.25) is 0 Å². The largest absolute Gasteiger partial charge is 0.388 e. The van der Waals surface area contributed by atoms with Crippen LogP contribution in [0.25, 0.3) is 0 Å². The van der Waals surface area contributed by atoms with Crippen molar-refractivity contribution in [3.63, 3.8) is 0 Å². The fraction of sp³-hybridized carbons (Fsp3) is 1.00. The maximum absolute atomic E-state index is 10.2. The molecule has 2 unspecified atom stereocenters. The van der Waals surface area contributed by atoms with Crippen molar-refractivity contribution in [3.8, 4) is 0 Å². The van der Waals surface area contributed by atoms with Crippen LogP contribution in [0.3, 0.4) is 0 Å². The summed E-state index contributed by atoms with van der Waals surface area (Å²) in [6.07, 6.45) is 7.00. The van der Waals surface area contributed by atoms with Crippen LogP contribution < -0.4 is 5.32 Å². The molecular weight excluding hydrogens is 162 g/mol. The molecule has 0 radical (unpaired) electrons. The third kappa shape index (κ3) is 1.75. The summed E-state index contributed by atoms with van der Waals surface area (Å²) in [5, 5.41) is 13.7. The van der Waals surface area contributed by atoms with Crippen molar-refractivity contribution >= 4 is 0 Å². The summed E-state index contributed by atoms with van der Waals surface area (Å²) < 4.78 is 0. The quantitative estimate of drug-likeness (QED) is 0.682. The molecule has 2 rings (SSSR count). The van der Waals surface area contributed by atoms with Crippen LogP contribution in [0.4, 0.5) is 0 Å². The number of aliphatic hydroxyl groups is 1. The van der Waals surface area contributed by atoms with Gasteiger partial charge in [0.15, 0.2) is 0 Å². The maximum atomic E-state index is 10.2. The van der Waals surface area contributed by atoms with Gasteiger partial charge in [0.25, 0.3) is 0 Å². The molecule has 76 valence electrons. The van der Waals surface area contributed by atoms with Crippen LogP contribution in [0.15, 0.2) is 0 Å². The molecule has 2 atom stereocenters. The highest BCUT2D eigenvalue weighted by Crippen LogP contribution is 2.38. The lowest BCUT2D eigenvalue weighted by molar-refractivity contribution is -0.0762. The van der Waals surface area contributed by atoms with E-state index in [9.17, 15) is 5.11 Å². The Morgan fingerprint density at radius 1 is 1.46 bits per heavy atom. The normalized spacial score (nSPS) is 38.3. The Balaban J connectivity index is 1.91. The fourth-order valence-corrected chi connectivity index (χ4v) is 2.66. The SMILES string of the molecule is CCC1CCNC(C2(O)CCC2)C1. The van der Waals surface area contributed by atoms with Gasteiger partial charge in [-0.05, 0) is 44.6 Å². The summed E-state index contributed by atoms with van der Waals surface area (Å²) in [7, 11) is 0. The number of hydrogen-bond acceptors (Lipinski definition) is 2. The summed E-state index contributed by atoms with van der Waals surface area (Å²) in [5.41, 5.74) is -0.339. The molecule has 1 saturated heterocycles.